The molecule has 0 aliphatic heterocycles. The fraction of sp³-hybridized carbons (Fsp3) is 0.333. The quantitative estimate of drug-likeness (QED) is 0.353. The second kappa shape index (κ2) is 10.3. The Morgan fingerprint density at radius 3 is 2.76 bits per heavy atom. The number of aryl methyl sites for hydroxylation is 2. The molecule has 0 radical (unpaired) electrons. The molecule has 10 heteroatoms. The van der Waals surface area contributed by atoms with E-state index in [9.17, 15) is 18.3 Å². The molecular formula is C27H28N4O5S. The van der Waals surface area contributed by atoms with Crippen LogP contribution in [0.3, 0.4) is 0 Å². The van der Waals surface area contributed by atoms with Gasteiger partial charge in [-0.2, -0.15) is 5.10 Å². The Bertz CT molecular complexity index is 1560. The number of carboxylic acids is 1. The van der Waals surface area contributed by atoms with Gasteiger partial charge in [-0.15, -0.1) is 0 Å². The summed E-state index contributed by atoms with van der Waals surface area (Å²) < 4.78 is 31.6. The van der Waals surface area contributed by atoms with E-state index in [0.29, 0.717) is 29.9 Å². The smallest absolute Gasteiger partial charge is 0.305 e. The van der Waals surface area contributed by atoms with Crippen molar-refractivity contribution in [1.29, 1.82) is 0 Å². The third kappa shape index (κ3) is 5.64. The van der Waals surface area contributed by atoms with Gasteiger partial charge in [0.2, 0.25) is 0 Å². The third-order valence-corrected chi connectivity index (χ3v) is 7.72. The van der Waals surface area contributed by atoms with E-state index in [2.05, 4.69) is 22.2 Å². The van der Waals surface area contributed by atoms with Crippen LogP contribution in [0.25, 0.3) is 10.9 Å². The highest BCUT2D eigenvalue weighted by molar-refractivity contribution is 7.90. The number of nitrogens with zero attached hydrogens (tertiary/aromatic N) is 4. The average Bonchev–Trinajstić information content (AvgIpc) is 3.30. The van der Waals surface area contributed by atoms with E-state index in [1.807, 2.05) is 18.2 Å². The number of ether oxygens (including phenoxy) is 1. The van der Waals surface area contributed by atoms with E-state index < -0.39 is 21.8 Å². The fourth-order valence-corrected chi connectivity index (χ4v) is 5.34. The minimum atomic E-state index is -3.50. The molecule has 0 unspecified atom stereocenters. The maximum atomic E-state index is 12.0. The lowest BCUT2D eigenvalue weighted by molar-refractivity contribution is -0.137. The number of carbonyl (C=O) groups is 1. The molecule has 1 aliphatic rings. The van der Waals surface area contributed by atoms with Crippen molar-refractivity contribution < 1.29 is 23.1 Å². The Morgan fingerprint density at radius 1 is 1.11 bits per heavy atom. The van der Waals surface area contributed by atoms with Crippen LogP contribution < -0.4 is 4.74 Å². The van der Waals surface area contributed by atoms with Gasteiger partial charge in [0.05, 0.1) is 35.7 Å². The van der Waals surface area contributed by atoms with Crippen molar-refractivity contribution in [1.82, 2.24) is 19.7 Å². The van der Waals surface area contributed by atoms with Crippen LogP contribution in [0.1, 0.15) is 47.8 Å². The van der Waals surface area contributed by atoms with Crippen LogP contribution in [0, 0.1) is 0 Å². The zero-order valence-corrected chi connectivity index (χ0v) is 21.3. The van der Waals surface area contributed by atoms with E-state index in [1.165, 1.54) is 42.6 Å². The van der Waals surface area contributed by atoms with Gasteiger partial charge in [-0.25, -0.2) is 8.42 Å². The summed E-state index contributed by atoms with van der Waals surface area (Å²) in [4.78, 5) is 20.5. The molecule has 1 aliphatic carbocycles. The van der Waals surface area contributed by atoms with Gasteiger partial charge in [-0.05, 0) is 67.1 Å². The molecular weight excluding hydrogens is 492 g/mol. The van der Waals surface area contributed by atoms with Gasteiger partial charge in [0.15, 0.2) is 9.84 Å². The van der Waals surface area contributed by atoms with Gasteiger partial charge in [-0.3, -0.25) is 19.4 Å². The Labute approximate surface area is 215 Å². The van der Waals surface area contributed by atoms with Gasteiger partial charge >= 0.3 is 5.97 Å². The predicted molar refractivity (Wildman–Crippen MR) is 138 cm³/mol. The van der Waals surface area contributed by atoms with Gasteiger partial charge in [-0.1, -0.05) is 6.07 Å². The average molecular weight is 521 g/mol. The molecule has 3 aromatic heterocycles. The Balaban J connectivity index is 1.34. The van der Waals surface area contributed by atoms with Crippen LogP contribution >= 0.6 is 0 Å². The normalized spacial score (nSPS) is 14.3. The van der Waals surface area contributed by atoms with Gasteiger partial charge in [0.25, 0.3) is 0 Å². The molecule has 9 nitrogen and oxygen atoms in total. The summed E-state index contributed by atoms with van der Waals surface area (Å²) in [5.41, 5.74) is 4.76. The van der Waals surface area contributed by atoms with Crippen molar-refractivity contribution in [3.05, 3.63) is 77.5 Å². The van der Waals surface area contributed by atoms with Crippen molar-refractivity contribution >= 4 is 26.7 Å². The van der Waals surface area contributed by atoms with E-state index >= 15 is 0 Å². The van der Waals surface area contributed by atoms with Crippen molar-refractivity contribution in [2.24, 2.45) is 0 Å². The van der Waals surface area contributed by atoms with Crippen LogP contribution in [0.15, 0.2) is 59.9 Å². The number of hydrogen-bond donors (Lipinski definition) is 1. The van der Waals surface area contributed by atoms with E-state index in [1.54, 1.807) is 10.9 Å². The first-order chi connectivity index (χ1) is 17.8. The standard InChI is InChI=1S/C27H28N4O5S/c1-37(34,35)23-13-20(15-28-17-23)26(14-27(32)33)31-25-9-8-22(12-19(25)16-29-31)36-11-10-21-7-6-18-4-2-3-5-24(18)30-21/h6-9,12-13,15-17,26H,2-5,10-11,14H2,1H3,(H,32,33)/t26-/m0/s1. The number of hydrogen-bond acceptors (Lipinski definition) is 7. The SMILES string of the molecule is CS(=O)(=O)c1cncc([C@H](CC(=O)O)n2ncc3cc(OCCc4ccc5c(n4)CCCC5)ccc32)c1. The molecule has 0 saturated heterocycles. The lowest BCUT2D eigenvalue weighted by atomic mass is 9.96. The number of fused-ring (bicyclic) bond motifs is 2. The maximum Gasteiger partial charge on any atom is 0.305 e. The van der Waals surface area contributed by atoms with Gasteiger partial charge < -0.3 is 9.84 Å². The third-order valence-electron chi connectivity index (χ3n) is 6.64. The molecule has 0 spiro atoms. The van der Waals surface area contributed by atoms with Crippen molar-refractivity contribution in [2.45, 2.75) is 49.5 Å². The van der Waals surface area contributed by atoms with E-state index in [0.717, 1.165) is 30.2 Å². The predicted octanol–water partition coefficient (Wildman–Crippen LogP) is 3.79. The topological polar surface area (TPSA) is 124 Å². The number of rotatable bonds is 9. The highest BCUT2D eigenvalue weighted by atomic mass is 32.2. The molecule has 1 N–H and O–H groups in total. The van der Waals surface area contributed by atoms with Crippen molar-refractivity contribution in [3.8, 4) is 5.75 Å². The second-order valence-corrected chi connectivity index (χ2v) is 11.4. The fourth-order valence-electron chi connectivity index (χ4n) is 4.74. The van der Waals surface area contributed by atoms with Crippen LogP contribution in [0.5, 0.6) is 5.75 Å². The zero-order valence-electron chi connectivity index (χ0n) is 20.5. The van der Waals surface area contributed by atoms with Crippen LogP contribution in [0.4, 0.5) is 0 Å². The first kappa shape index (κ1) is 24.9. The molecule has 4 aromatic rings. The van der Waals surface area contributed by atoms with Crippen molar-refractivity contribution in [3.63, 3.8) is 0 Å². The Kier molecular flexibility index (Phi) is 6.92. The number of carboxylic acid groups (broad SMARTS) is 1. The molecule has 1 atom stereocenters. The van der Waals surface area contributed by atoms with Crippen LogP contribution in [-0.2, 0) is 33.9 Å². The summed E-state index contributed by atoms with van der Waals surface area (Å²) in [7, 11) is -3.50. The molecule has 0 bridgehead atoms. The van der Waals surface area contributed by atoms with Gasteiger partial charge in [0, 0.05) is 41.8 Å². The molecule has 0 saturated carbocycles. The summed E-state index contributed by atoms with van der Waals surface area (Å²) in [5.74, 6) is -0.352. The highest BCUT2D eigenvalue weighted by Gasteiger charge is 2.23. The minimum Gasteiger partial charge on any atom is -0.493 e. The van der Waals surface area contributed by atoms with Crippen molar-refractivity contribution in [2.75, 3.05) is 12.9 Å². The highest BCUT2D eigenvalue weighted by Crippen LogP contribution is 2.29. The molecule has 0 amide bonds. The summed E-state index contributed by atoms with van der Waals surface area (Å²) in [5, 5.41) is 14.8. The zero-order chi connectivity index (χ0) is 26.0. The first-order valence-corrected chi connectivity index (χ1v) is 14.1. The Hall–Kier alpha value is -3.79. The van der Waals surface area contributed by atoms with Crippen LogP contribution in [0.2, 0.25) is 0 Å². The minimum absolute atomic E-state index is 0.0287. The lowest BCUT2D eigenvalue weighted by Gasteiger charge is -2.18. The monoisotopic (exact) mass is 520 g/mol. The molecule has 5 rings (SSSR count). The molecule has 1 aromatic carbocycles. The number of aliphatic carboxylic acids is 1. The Morgan fingerprint density at radius 2 is 1.95 bits per heavy atom. The van der Waals surface area contributed by atoms with Crippen LogP contribution in [-0.4, -0.2) is 52.1 Å². The summed E-state index contributed by atoms with van der Waals surface area (Å²) in [6.45, 7) is 0.483. The molecule has 37 heavy (non-hydrogen) atoms. The molecule has 3 heterocycles. The molecule has 0 fully saturated rings. The molecule has 192 valence electrons. The van der Waals surface area contributed by atoms with E-state index in [-0.39, 0.29) is 11.3 Å². The summed E-state index contributed by atoms with van der Waals surface area (Å²) >= 11 is 0. The largest absolute Gasteiger partial charge is 0.493 e. The summed E-state index contributed by atoms with van der Waals surface area (Å²) in [6, 6.07) is 10.5. The van der Waals surface area contributed by atoms with Gasteiger partial charge in [0.1, 0.15) is 5.75 Å². The number of pyridine rings is 2. The second-order valence-electron chi connectivity index (χ2n) is 9.36. The maximum absolute atomic E-state index is 12.0. The lowest BCUT2D eigenvalue weighted by Crippen LogP contribution is -2.17. The number of aromatic nitrogens is 4. The summed E-state index contributed by atoms with van der Waals surface area (Å²) in [6.07, 6.45) is 10.5. The number of benzene rings is 1. The van der Waals surface area contributed by atoms with E-state index in [4.69, 9.17) is 9.72 Å². The number of sulfone groups is 1. The first-order valence-electron chi connectivity index (χ1n) is 12.2.